The van der Waals surface area contributed by atoms with E-state index in [9.17, 15) is 9.59 Å². The highest BCUT2D eigenvalue weighted by atomic mass is 16.5. The summed E-state index contributed by atoms with van der Waals surface area (Å²) < 4.78 is 11.2. The summed E-state index contributed by atoms with van der Waals surface area (Å²) in [6.07, 6.45) is 5.98. The number of allylic oxidation sites excluding steroid dienone is 1. The molecule has 32 heavy (non-hydrogen) atoms. The molecule has 0 amide bonds. The SMILES string of the molecule is C=CC(=O)c1ccc(OC(=O)c2ccc(-c3ccc(OCCCCCC)cc3)cc2)cc1. The molecule has 0 bridgehead atoms. The van der Waals surface area contributed by atoms with E-state index in [-0.39, 0.29) is 5.78 Å². The van der Waals surface area contributed by atoms with Gasteiger partial charge in [-0.05, 0) is 72.2 Å². The Kier molecular flexibility index (Phi) is 8.38. The van der Waals surface area contributed by atoms with Crippen LogP contribution in [0.2, 0.25) is 0 Å². The molecule has 4 nitrogen and oxygen atoms in total. The minimum Gasteiger partial charge on any atom is -0.494 e. The van der Waals surface area contributed by atoms with E-state index in [0.29, 0.717) is 16.9 Å². The first-order chi connectivity index (χ1) is 15.6. The highest BCUT2D eigenvalue weighted by molar-refractivity contribution is 6.04. The van der Waals surface area contributed by atoms with Crippen molar-refractivity contribution in [2.45, 2.75) is 32.6 Å². The quantitative estimate of drug-likeness (QED) is 0.110. The van der Waals surface area contributed by atoms with E-state index in [1.165, 1.54) is 25.3 Å². The lowest BCUT2D eigenvalue weighted by molar-refractivity contribution is 0.0734. The van der Waals surface area contributed by atoms with E-state index in [0.717, 1.165) is 29.9 Å². The largest absolute Gasteiger partial charge is 0.494 e. The molecule has 3 aromatic rings. The van der Waals surface area contributed by atoms with E-state index in [4.69, 9.17) is 9.47 Å². The number of hydrogen-bond donors (Lipinski definition) is 0. The van der Waals surface area contributed by atoms with Gasteiger partial charge in [-0.25, -0.2) is 4.79 Å². The number of ketones is 1. The Morgan fingerprint density at radius 1 is 0.750 bits per heavy atom. The van der Waals surface area contributed by atoms with E-state index in [2.05, 4.69) is 13.5 Å². The number of hydrogen-bond acceptors (Lipinski definition) is 4. The van der Waals surface area contributed by atoms with Crippen LogP contribution in [-0.2, 0) is 0 Å². The minimum atomic E-state index is -0.453. The van der Waals surface area contributed by atoms with E-state index >= 15 is 0 Å². The van der Waals surface area contributed by atoms with Gasteiger partial charge in [-0.15, -0.1) is 0 Å². The monoisotopic (exact) mass is 428 g/mol. The van der Waals surface area contributed by atoms with Crippen molar-refractivity contribution >= 4 is 11.8 Å². The number of carbonyl (C=O) groups excluding carboxylic acids is 2. The van der Waals surface area contributed by atoms with Gasteiger partial charge in [0, 0.05) is 5.56 Å². The Hall–Kier alpha value is -3.66. The number of esters is 1. The number of unbranched alkanes of at least 4 members (excludes halogenated alkanes) is 3. The second-order valence-electron chi connectivity index (χ2n) is 7.49. The van der Waals surface area contributed by atoms with Crippen molar-refractivity contribution in [3.8, 4) is 22.6 Å². The molecule has 0 aliphatic rings. The average Bonchev–Trinajstić information content (AvgIpc) is 2.84. The summed E-state index contributed by atoms with van der Waals surface area (Å²) in [5.41, 5.74) is 3.00. The third-order valence-corrected chi connectivity index (χ3v) is 5.11. The van der Waals surface area contributed by atoms with Crippen molar-refractivity contribution in [1.29, 1.82) is 0 Å². The van der Waals surface area contributed by atoms with Crippen LogP contribution in [0, 0.1) is 0 Å². The summed E-state index contributed by atoms with van der Waals surface area (Å²) in [4.78, 5) is 24.0. The molecule has 0 saturated carbocycles. The molecule has 0 fully saturated rings. The summed E-state index contributed by atoms with van der Waals surface area (Å²) >= 11 is 0. The molecule has 0 radical (unpaired) electrons. The third-order valence-electron chi connectivity index (χ3n) is 5.11. The maximum atomic E-state index is 12.4. The van der Waals surface area contributed by atoms with Gasteiger partial charge in [0.15, 0.2) is 5.78 Å². The summed E-state index contributed by atoms with van der Waals surface area (Å²) in [5, 5.41) is 0. The van der Waals surface area contributed by atoms with Crippen LogP contribution in [0.1, 0.15) is 53.3 Å². The van der Waals surface area contributed by atoms with Crippen molar-refractivity contribution < 1.29 is 19.1 Å². The van der Waals surface area contributed by atoms with E-state index in [1.807, 2.05) is 36.4 Å². The fourth-order valence-corrected chi connectivity index (χ4v) is 3.23. The number of ether oxygens (including phenoxy) is 2. The molecule has 0 atom stereocenters. The molecule has 3 aromatic carbocycles. The summed E-state index contributed by atoms with van der Waals surface area (Å²) in [7, 11) is 0. The molecular weight excluding hydrogens is 400 g/mol. The van der Waals surface area contributed by atoms with Gasteiger partial charge in [-0.3, -0.25) is 4.79 Å². The molecule has 0 aromatic heterocycles. The topological polar surface area (TPSA) is 52.6 Å². The van der Waals surface area contributed by atoms with Crippen LogP contribution in [0.4, 0.5) is 0 Å². The smallest absolute Gasteiger partial charge is 0.343 e. The van der Waals surface area contributed by atoms with Gasteiger partial charge < -0.3 is 9.47 Å². The Bertz CT molecular complexity index is 1030. The maximum absolute atomic E-state index is 12.4. The summed E-state index contributed by atoms with van der Waals surface area (Å²) in [5.74, 6) is 0.618. The fourth-order valence-electron chi connectivity index (χ4n) is 3.23. The Morgan fingerprint density at radius 3 is 1.91 bits per heavy atom. The zero-order valence-corrected chi connectivity index (χ0v) is 18.4. The molecule has 0 heterocycles. The van der Waals surface area contributed by atoms with E-state index in [1.54, 1.807) is 36.4 Å². The first-order valence-corrected chi connectivity index (χ1v) is 10.9. The predicted molar refractivity (Wildman–Crippen MR) is 127 cm³/mol. The van der Waals surface area contributed by atoms with Crippen LogP contribution in [0.25, 0.3) is 11.1 Å². The number of benzene rings is 3. The third kappa shape index (κ3) is 6.42. The molecule has 0 spiro atoms. The second-order valence-corrected chi connectivity index (χ2v) is 7.49. The van der Waals surface area contributed by atoms with Gasteiger partial charge in [0.1, 0.15) is 11.5 Å². The molecule has 4 heteroatoms. The van der Waals surface area contributed by atoms with E-state index < -0.39 is 5.97 Å². The Labute approximate surface area is 189 Å². The van der Waals surface area contributed by atoms with Gasteiger partial charge in [-0.2, -0.15) is 0 Å². The lowest BCUT2D eigenvalue weighted by Crippen LogP contribution is -2.08. The highest BCUT2D eigenvalue weighted by Crippen LogP contribution is 2.24. The van der Waals surface area contributed by atoms with Crippen LogP contribution >= 0.6 is 0 Å². The first-order valence-electron chi connectivity index (χ1n) is 10.9. The normalized spacial score (nSPS) is 10.4. The number of carbonyl (C=O) groups is 2. The molecule has 0 aliphatic heterocycles. The molecule has 0 unspecified atom stereocenters. The standard InChI is InChI=1S/C28H28O4/c1-3-5-6-7-20-31-25-16-12-22(13-17-25)21-8-10-24(11-9-21)28(30)32-26-18-14-23(15-19-26)27(29)4-2/h4,8-19H,2-3,5-7,20H2,1H3. The maximum Gasteiger partial charge on any atom is 0.343 e. The zero-order valence-electron chi connectivity index (χ0n) is 18.4. The lowest BCUT2D eigenvalue weighted by Gasteiger charge is -2.08. The highest BCUT2D eigenvalue weighted by Gasteiger charge is 2.10. The van der Waals surface area contributed by atoms with Crippen molar-refractivity contribution in [2.75, 3.05) is 6.61 Å². The summed E-state index contributed by atoms with van der Waals surface area (Å²) in [6, 6.07) is 21.6. The molecule has 3 rings (SSSR count). The lowest BCUT2D eigenvalue weighted by atomic mass is 10.0. The Morgan fingerprint density at radius 2 is 1.31 bits per heavy atom. The van der Waals surface area contributed by atoms with Gasteiger partial charge >= 0.3 is 5.97 Å². The van der Waals surface area contributed by atoms with Crippen molar-refractivity contribution in [2.24, 2.45) is 0 Å². The van der Waals surface area contributed by atoms with Crippen molar-refractivity contribution in [3.63, 3.8) is 0 Å². The molecule has 164 valence electrons. The molecule has 0 saturated heterocycles. The van der Waals surface area contributed by atoms with Gasteiger partial charge in [0.05, 0.1) is 12.2 Å². The van der Waals surface area contributed by atoms with Gasteiger partial charge in [-0.1, -0.05) is 57.0 Å². The zero-order chi connectivity index (χ0) is 22.8. The molecule has 0 N–H and O–H groups in total. The van der Waals surface area contributed by atoms with Gasteiger partial charge in [0.25, 0.3) is 0 Å². The predicted octanol–water partition coefficient (Wildman–Crippen LogP) is 6.90. The van der Waals surface area contributed by atoms with Crippen LogP contribution in [0.15, 0.2) is 85.5 Å². The van der Waals surface area contributed by atoms with Crippen LogP contribution in [-0.4, -0.2) is 18.4 Å². The van der Waals surface area contributed by atoms with Crippen LogP contribution in [0.5, 0.6) is 11.5 Å². The first kappa shape index (κ1) is 23.0. The minimum absolute atomic E-state index is 0.176. The van der Waals surface area contributed by atoms with Gasteiger partial charge in [0.2, 0.25) is 0 Å². The van der Waals surface area contributed by atoms with Crippen molar-refractivity contribution in [1.82, 2.24) is 0 Å². The van der Waals surface area contributed by atoms with Crippen molar-refractivity contribution in [3.05, 3.63) is 96.6 Å². The summed E-state index contributed by atoms with van der Waals surface area (Å²) in [6.45, 7) is 6.40. The average molecular weight is 429 g/mol. The molecular formula is C28H28O4. The molecule has 0 aliphatic carbocycles. The Balaban J connectivity index is 1.56. The second kappa shape index (κ2) is 11.7. The van der Waals surface area contributed by atoms with Crippen LogP contribution in [0.3, 0.4) is 0 Å². The fraction of sp³-hybridized carbons (Fsp3) is 0.214. The van der Waals surface area contributed by atoms with Crippen LogP contribution < -0.4 is 9.47 Å². The number of rotatable bonds is 11.